The molecule has 6 heteroatoms. The molecule has 0 saturated carbocycles. The van der Waals surface area contributed by atoms with Crippen LogP contribution in [0, 0.1) is 10.1 Å². The third-order valence-electron chi connectivity index (χ3n) is 3.34. The molecule has 0 aliphatic rings. The van der Waals surface area contributed by atoms with Crippen LogP contribution in [0.2, 0.25) is 0 Å². The van der Waals surface area contributed by atoms with E-state index in [2.05, 4.69) is 10.6 Å². The van der Waals surface area contributed by atoms with Gasteiger partial charge in [0, 0.05) is 23.5 Å². The van der Waals surface area contributed by atoms with Gasteiger partial charge in [-0.2, -0.15) is 0 Å². The molecule has 0 aliphatic heterocycles. The highest BCUT2D eigenvalue weighted by Crippen LogP contribution is 2.19. The van der Waals surface area contributed by atoms with Gasteiger partial charge in [0.1, 0.15) is 0 Å². The highest BCUT2D eigenvalue weighted by molar-refractivity contribution is 6.01. The minimum atomic E-state index is -0.487. The SMILES string of the molecule is O=C(Nc1ccc([N+](=O)[O-])cc1)Nc1ccc2ccccc2c1. The first-order valence-corrected chi connectivity index (χ1v) is 6.93. The van der Waals surface area contributed by atoms with Gasteiger partial charge in [-0.1, -0.05) is 30.3 Å². The average Bonchev–Trinajstić information content (AvgIpc) is 2.55. The molecule has 0 radical (unpaired) electrons. The predicted octanol–water partition coefficient (Wildman–Crippen LogP) is 4.39. The summed E-state index contributed by atoms with van der Waals surface area (Å²) in [5.74, 6) is 0. The largest absolute Gasteiger partial charge is 0.323 e. The van der Waals surface area contributed by atoms with Gasteiger partial charge in [0.2, 0.25) is 0 Å². The number of carbonyl (C=O) groups excluding carboxylic acids is 1. The number of nitrogens with zero attached hydrogens (tertiary/aromatic N) is 1. The van der Waals surface area contributed by atoms with Gasteiger partial charge in [-0.05, 0) is 35.0 Å². The van der Waals surface area contributed by atoms with Crippen molar-refractivity contribution in [3.05, 3.63) is 76.8 Å². The van der Waals surface area contributed by atoms with Gasteiger partial charge in [0.05, 0.1) is 4.92 Å². The Bertz CT molecular complexity index is 876. The van der Waals surface area contributed by atoms with E-state index in [1.807, 2.05) is 42.5 Å². The fourth-order valence-electron chi connectivity index (χ4n) is 2.23. The van der Waals surface area contributed by atoms with Crippen molar-refractivity contribution >= 4 is 33.9 Å². The van der Waals surface area contributed by atoms with Crippen LogP contribution >= 0.6 is 0 Å². The van der Waals surface area contributed by atoms with E-state index in [1.54, 1.807) is 0 Å². The molecule has 0 spiro atoms. The van der Waals surface area contributed by atoms with Crippen molar-refractivity contribution in [1.29, 1.82) is 0 Å². The summed E-state index contributed by atoms with van der Waals surface area (Å²) in [6, 6.07) is 18.7. The summed E-state index contributed by atoms with van der Waals surface area (Å²) < 4.78 is 0. The van der Waals surface area contributed by atoms with Crippen molar-refractivity contribution in [2.24, 2.45) is 0 Å². The zero-order chi connectivity index (χ0) is 16.2. The number of non-ortho nitro benzene ring substituents is 1. The van der Waals surface area contributed by atoms with Gasteiger partial charge in [0.15, 0.2) is 0 Å². The quantitative estimate of drug-likeness (QED) is 0.556. The second-order valence-corrected chi connectivity index (χ2v) is 4.95. The standard InChI is InChI=1S/C17H13N3O3/c21-17(18-14-7-9-16(10-8-14)20(22)23)19-15-6-5-12-3-1-2-4-13(12)11-15/h1-11H,(H2,18,19,21). The van der Waals surface area contributed by atoms with Crippen molar-refractivity contribution in [3.8, 4) is 0 Å². The summed E-state index contributed by atoms with van der Waals surface area (Å²) in [5.41, 5.74) is 1.13. The lowest BCUT2D eigenvalue weighted by molar-refractivity contribution is -0.384. The number of nitrogens with one attached hydrogen (secondary N) is 2. The number of benzene rings is 3. The molecule has 3 rings (SSSR count). The molecule has 0 bridgehead atoms. The second-order valence-electron chi connectivity index (χ2n) is 4.95. The first kappa shape index (κ1) is 14.5. The summed E-state index contributed by atoms with van der Waals surface area (Å²) in [6.07, 6.45) is 0. The Morgan fingerprint density at radius 1 is 0.826 bits per heavy atom. The maximum absolute atomic E-state index is 12.0. The first-order chi connectivity index (χ1) is 11.1. The van der Waals surface area contributed by atoms with Crippen LogP contribution in [0.3, 0.4) is 0 Å². The Hall–Kier alpha value is -3.41. The lowest BCUT2D eigenvalue weighted by Gasteiger charge is -2.08. The van der Waals surface area contributed by atoms with Crippen molar-refractivity contribution in [2.45, 2.75) is 0 Å². The molecule has 0 heterocycles. The van der Waals surface area contributed by atoms with Crippen LogP contribution in [0.5, 0.6) is 0 Å². The number of hydrogen-bond donors (Lipinski definition) is 2. The van der Waals surface area contributed by atoms with Crippen LogP contribution in [-0.2, 0) is 0 Å². The lowest BCUT2D eigenvalue weighted by atomic mass is 10.1. The molecule has 0 aromatic heterocycles. The Labute approximate surface area is 131 Å². The summed E-state index contributed by atoms with van der Waals surface area (Å²) >= 11 is 0. The topological polar surface area (TPSA) is 84.3 Å². The predicted molar refractivity (Wildman–Crippen MR) is 89.7 cm³/mol. The molecule has 3 aromatic carbocycles. The molecular formula is C17H13N3O3. The van der Waals surface area contributed by atoms with Crippen LogP contribution in [0.1, 0.15) is 0 Å². The number of nitro benzene ring substituents is 1. The fourth-order valence-corrected chi connectivity index (χ4v) is 2.23. The zero-order valence-corrected chi connectivity index (χ0v) is 12.0. The summed E-state index contributed by atoms with van der Waals surface area (Å²) in [6.45, 7) is 0. The van der Waals surface area contributed by atoms with Gasteiger partial charge in [-0.3, -0.25) is 10.1 Å². The molecule has 0 fully saturated rings. The van der Waals surface area contributed by atoms with E-state index in [4.69, 9.17) is 0 Å². The van der Waals surface area contributed by atoms with Crippen molar-refractivity contribution < 1.29 is 9.72 Å². The smallest absolute Gasteiger partial charge is 0.308 e. The molecule has 2 amide bonds. The summed E-state index contributed by atoms with van der Waals surface area (Å²) in [4.78, 5) is 22.1. The van der Waals surface area contributed by atoms with Crippen LogP contribution in [-0.4, -0.2) is 11.0 Å². The molecule has 0 aliphatic carbocycles. The molecule has 0 saturated heterocycles. The van der Waals surface area contributed by atoms with Crippen LogP contribution in [0.15, 0.2) is 66.7 Å². The van der Waals surface area contributed by atoms with Gasteiger partial charge in [0.25, 0.3) is 5.69 Å². The average molecular weight is 307 g/mol. The molecule has 0 unspecified atom stereocenters. The van der Waals surface area contributed by atoms with Gasteiger partial charge < -0.3 is 10.6 Å². The third-order valence-corrected chi connectivity index (χ3v) is 3.34. The molecule has 23 heavy (non-hydrogen) atoms. The number of fused-ring (bicyclic) bond motifs is 1. The highest BCUT2D eigenvalue weighted by Gasteiger charge is 2.07. The maximum Gasteiger partial charge on any atom is 0.323 e. The maximum atomic E-state index is 12.0. The van der Waals surface area contributed by atoms with E-state index < -0.39 is 11.0 Å². The molecule has 0 atom stereocenters. The minimum absolute atomic E-state index is 0.0227. The van der Waals surface area contributed by atoms with E-state index in [0.29, 0.717) is 11.4 Å². The number of rotatable bonds is 3. The Kier molecular flexibility index (Phi) is 3.88. The number of carbonyl (C=O) groups is 1. The van der Waals surface area contributed by atoms with Crippen LogP contribution < -0.4 is 10.6 Å². The van der Waals surface area contributed by atoms with Gasteiger partial charge in [-0.15, -0.1) is 0 Å². The van der Waals surface area contributed by atoms with Crippen molar-refractivity contribution in [3.63, 3.8) is 0 Å². The number of amides is 2. The molecular weight excluding hydrogens is 294 g/mol. The number of urea groups is 1. The molecule has 2 N–H and O–H groups in total. The number of hydrogen-bond acceptors (Lipinski definition) is 3. The lowest BCUT2D eigenvalue weighted by Crippen LogP contribution is -2.19. The van der Waals surface area contributed by atoms with E-state index in [-0.39, 0.29) is 5.69 Å². The van der Waals surface area contributed by atoms with E-state index in [0.717, 1.165) is 10.8 Å². The van der Waals surface area contributed by atoms with Gasteiger partial charge >= 0.3 is 6.03 Å². The molecule has 114 valence electrons. The molecule has 3 aromatic rings. The summed E-state index contributed by atoms with van der Waals surface area (Å²) in [5, 5.41) is 18.1. The number of nitro groups is 1. The van der Waals surface area contributed by atoms with Crippen LogP contribution in [0.4, 0.5) is 21.9 Å². The second kappa shape index (κ2) is 6.15. The van der Waals surface area contributed by atoms with E-state index in [1.165, 1.54) is 24.3 Å². The molecule has 6 nitrogen and oxygen atoms in total. The number of anilines is 2. The normalized spacial score (nSPS) is 10.3. The van der Waals surface area contributed by atoms with E-state index >= 15 is 0 Å². The third kappa shape index (κ3) is 3.44. The van der Waals surface area contributed by atoms with E-state index in [9.17, 15) is 14.9 Å². The van der Waals surface area contributed by atoms with Crippen LogP contribution in [0.25, 0.3) is 10.8 Å². The first-order valence-electron chi connectivity index (χ1n) is 6.93. The monoisotopic (exact) mass is 307 g/mol. The minimum Gasteiger partial charge on any atom is -0.308 e. The Balaban J connectivity index is 1.69. The fraction of sp³-hybridized carbons (Fsp3) is 0. The highest BCUT2D eigenvalue weighted by atomic mass is 16.6. The summed E-state index contributed by atoms with van der Waals surface area (Å²) in [7, 11) is 0. The van der Waals surface area contributed by atoms with Gasteiger partial charge in [-0.25, -0.2) is 4.79 Å². The van der Waals surface area contributed by atoms with Crippen molar-refractivity contribution in [1.82, 2.24) is 0 Å². The Morgan fingerprint density at radius 3 is 2.13 bits per heavy atom. The Morgan fingerprint density at radius 2 is 1.43 bits per heavy atom. The zero-order valence-electron chi connectivity index (χ0n) is 12.0. The van der Waals surface area contributed by atoms with Crippen molar-refractivity contribution in [2.75, 3.05) is 10.6 Å².